The number of halogens is 1. The minimum atomic E-state index is 1.24. The van der Waals surface area contributed by atoms with E-state index in [4.69, 9.17) is 0 Å². The van der Waals surface area contributed by atoms with E-state index in [1.54, 1.807) is 0 Å². The zero-order valence-corrected chi connectivity index (χ0v) is 6.42. The summed E-state index contributed by atoms with van der Waals surface area (Å²) in [6.07, 6.45) is 0. The van der Waals surface area contributed by atoms with Crippen LogP contribution in [-0.2, 0) is 0 Å². The fourth-order valence-corrected chi connectivity index (χ4v) is 2.39. The summed E-state index contributed by atoms with van der Waals surface area (Å²) in [4.78, 5) is 0. The predicted octanol–water partition coefficient (Wildman–Crippen LogP) is 3.10. The maximum Gasteiger partial charge on any atom is 0.0419 e. The van der Waals surface area contributed by atoms with Crippen LogP contribution in [0.4, 0.5) is 0 Å². The van der Waals surface area contributed by atoms with Gasteiger partial charge in [0.15, 0.2) is 0 Å². The van der Waals surface area contributed by atoms with Crippen LogP contribution in [0.15, 0.2) is 22.7 Å². The van der Waals surface area contributed by atoms with E-state index < -0.39 is 0 Å². The van der Waals surface area contributed by atoms with Crippen LogP contribution in [0.1, 0.15) is 0 Å². The molecule has 2 bridgehead atoms. The molecule has 2 aromatic rings. The Morgan fingerprint density at radius 1 is 1.38 bits per heavy atom. The van der Waals surface area contributed by atoms with Gasteiger partial charge in [0.1, 0.15) is 0 Å². The quantitative estimate of drug-likeness (QED) is 0.594. The predicted molar refractivity (Wildman–Crippen MR) is 40.7 cm³/mol. The molecular formula is C6H3BrS. The average molecular weight is 187 g/mol. The summed E-state index contributed by atoms with van der Waals surface area (Å²) in [5, 5.41) is 0. The standard InChI is InChI=1S/C6H3BrS/c7-5-3-4-1-2-6(5)8-4/h1-3H. The summed E-state index contributed by atoms with van der Waals surface area (Å²) >= 11 is 5.25. The van der Waals surface area contributed by atoms with E-state index in [0.717, 1.165) is 0 Å². The smallest absolute Gasteiger partial charge is 0.0419 e. The molecule has 0 atom stereocenters. The number of hydrogen-bond donors (Lipinski definition) is 0. The molecule has 0 aromatic carbocycles. The van der Waals surface area contributed by atoms with Crippen molar-refractivity contribution in [2.75, 3.05) is 0 Å². The van der Waals surface area contributed by atoms with Crippen molar-refractivity contribution in [1.29, 1.82) is 0 Å². The average Bonchev–Trinajstić information content (AvgIpc) is 2.23. The molecule has 2 rings (SSSR count). The highest BCUT2D eigenvalue weighted by Gasteiger charge is 1.98. The van der Waals surface area contributed by atoms with Gasteiger partial charge in [0.2, 0.25) is 0 Å². The lowest BCUT2D eigenvalue weighted by molar-refractivity contribution is 1.89. The zero-order valence-electron chi connectivity index (χ0n) is 4.02. The third-order valence-electron chi connectivity index (χ3n) is 1.13. The van der Waals surface area contributed by atoms with E-state index in [9.17, 15) is 0 Å². The molecule has 0 radical (unpaired) electrons. The van der Waals surface area contributed by atoms with Crippen LogP contribution >= 0.6 is 27.3 Å². The molecule has 0 fully saturated rings. The molecule has 2 heterocycles. The van der Waals surface area contributed by atoms with Gasteiger partial charge in [-0.15, -0.1) is 11.3 Å². The van der Waals surface area contributed by atoms with Gasteiger partial charge in [0, 0.05) is 13.9 Å². The van der Waals surface area contributed by atoms with Crippen LogP contribution in [0.25, 0.3) is 9.40 Å². The van der Waals surface area contributed by atoms with Crippen molar-refractivity contribution in [3.8, 4) is 0 Å². The van der Waals surface area contributed by atoms with Crippen LogP contribution in [0.2, 0.25) is 0 Å². The Balaban J connectivity index is 3.02. The van der Waals surface area contributed by atoms with Crippen LogP contribution in [0.3, 0.4) is 0 Å². The van der Waals surface area contributed by atoms with Gasteiger partial charge in [-0.1, -0.05) is 0 Å². The molecule has 0 saturated heterocycles. The van der Waals surface area contributed by atoms with Crippen molar-refractivity contribution in [2.24, 2.45) is 0 Å². The molecule has 0 spiro atoms. The van der Waals surface area contributed by atoms with Crippen molar-refractivity contribution in [2.45, 2.75) is 0 Å². The molecule has 0 aliphatic rings. The first-order valence-corrected chi connectivity index (χ1v) is 3.94. The Morgan fingerprint density at radius 2 is 2.25 bits per heavy atom. The Labute approximate surface area is 59.6 Å². The Morgan fingerprint density at radius 3 is 2.50 bits per heavy atom. The molecule has 2 aromatic heterocycles. The summed E-state index contributed by atoms with van der Waals surface area (Å²) in [7, 11) is 0. The van der Waals surface area contributed by atoms with Crippen molar-refractivity contribution in [1.82, 2.24) is 0 Å². The fourth-order valence-electron chi connectivity index (χ4n) is 0.755. The molecule has 0 unspecified atom stereocenters. The number of thiophene rings is 2. The minimum absolute atomic E-state index is 1.24. The largest absolute Gasteiger partial charge is 0.135 e. The maximum atomic E-state index is 3.43. The number of rotatable bonds is 0. The van der Waals surface area contributed by atoms with Gasteiger partial charge in [0.25, 0.3) is 0 Å². The van der Waals surface area contributed by atoms with Gasteiger partial charge in [-0.3, -0.25) is 0 Å². The number of hydrogen-bond acceptors (Lipinski definition) is 1. The molecule has 0 saturated carbocycles. The highest BCUT2D eigenvalue weighted by atomic mass is 79.9. The molecule has 0 amide bonds. The first-order chi connectivity index (χ1) is 3.86. The molecule has 2 heteroatoms. The monoisotopic (exact) mass is 186 g/mol. The number of fused-ring (bicyclic) bond motifs is 2. The number of benzene rings is 1. The first-order valence-electron chi connectivity index (χ1n) is 2.34. The van der Waals surface area contributed by atoms with Crippen molar-refractivity contribution in [3.05, 3.63) is 22.7 Å². The van der Waals surface area contributed by atoms with Gasteiger partial charge in [-0.2, -0.15) is 0 Å². The van der Waals surface area contributed by atoms with Gasteiger partial charge in [-0.25, -0.2) is 0 Å². The normalized spacial score (nSPS) is 11.1. The van der Waals surface area contributed by atoms with Crippen LogP contribution in [0, 0.1) is 0 Å². The molecule has 0 aliphatic heterocycles. The molecule has 0 nitrogen and oxygen atoms in total. The summed E-state index contributed by atoms with van der Waals surface area (Å²) in [6.45, 7) is 0. The lowest BCUT2D eigenvalue weighted by atomic mass is 10.4. The zero-order chi connectivity index (χ0) is 5.56. The Kier molecular flexibility index (Phi) is 0.866. The van der Waals surface area contributed by atoms with Crippen molar-refractivity contribution < 1.29 is 0 Å². The van der Waals surface area contributed by atoms with Gasteiger partial charge >= 0.3 is 0 Å². The van der Waals surface area contributed by atoms with E-state index in [2.05, 4.69) is 34.1 Å². The highest BCUT2D eigenvalue weighted by molar-refractivity contribution is 9.10. The summed E-state index contributed by atoms with van der Waals surface area (Å²) in [5.74, 6) is 0. The third-order valence-corrected chi connectivity index (χ3v) is 3.12. The second-order valence-electron chi connectivity index (χ2n) is 1.69. The third kappa shape index (κ3) is 0.501. The Bertz CT molecular complexity index is 286. The van der Waals surface area contributed by atoms with Gasteiger partial charge in [0.05, 0.1) is 0 Å². The van der Waals surface area contributed by atoms with Crippen LogP contribution < -0.4 is 0 Å². The van der Waals surface area contributed by atoms with E-state index in [0.29, 0.717) is 0 Å². The van der Waals surface area contributed by atoms with Crippen LogP contribution in [0.5, 0.6) is 0 Å². The second-order valence-corrected chi connectivity index (χ2v) is 3.66. The summed E-state index contributed by atoms with van der Waals surface area (Å²) in [6, 6.07) is 6.40. The van der Waals surface area contributed by atoms with Crippen LogP contribution in [-0.4, -0.2) is 0 Å². The lowest BCUT2D eigenvalue weighted by Gasteiger charge is -1.77. The van der Waals surface area contributed by atoms with E-state index in [-0.39, 0.29) is 0 Å². The molecule has 0 N–H and O–H groups in total. The van der Waals surface area contributed by atoms with Gasteiger partial charge in [-0.05, 0) is 34.1 Å². The molecule has 0 aliphatic carbocycles. The topological polar surface area (TPSA) is 0 Å². The lowest BCUT2D eigenvalue weighted by Crippen LogP contribution is -1.52. The highest BCUT2D eigenvalue weighted by Crippen LogP contribution is 2.32. The SMILES string of the molecule is Brc1cc2ccc1s2. The van der Waals surface area contributed by atoms with Crippen molar-refractivity contribution in [3.63, 3.8) is 0 Å². The van der Waals surface area contributed by atoms with Gasteiger partial charge < -0.3 is 0 Å². The van der Waals surface area contributed by atoms with Crippen molar-refractivity contribution >= 4 is 36.7 Å². The summed E-state index contributed by atoms with van der Waals surface area (Å²) < 4.78 is 3.94. The fraction of sp³-hybridized carbons (Fsp3) is 0. The van der Waals surface area contributed by atoms with E-state index in [1.807, 2.05) is 11.3 Å². The molecule has 8 heavy (non-hydrogen) atoms. The van der Waals surface area contributed by atoms with E-state index in [1.165, 1.54) is 13.9 Å². The maximum absolute atomic E-state index is 3.43. The first kappa shape index (κ1) is 4.77. The molecule has 40 valence electrons. The Hall–Kier alpha value is -0.0800. The second kappa shape index (κ2) is 1.45. The minimum Gasteiger partial charge on any atom is -0.135 e. The summed E-state index contributed by atoms with van der Waals surface area (Å²) in [5.41, 5.74) is 0. The molecular weight excluding hydrogens is 184 g/mol. The van der Waals surface area contributed by atoms with E-state index >= 15 is 0 Å².